The third-order valence-electron chi connectivity index (χ3n) is 3.71. The highest BCUT2D eigenvalue weighted by Crippen LogP contribution is 2.29. The second-order valence-electron chi connectivity index (χ2n) is 5.48. The summed E-state index contributed by atoms with van der Waals surface area (Å²) < 4.78 is 37.3. The zero-order valence-corrected chi connectivity index (χ0v) is 12.5. The van der Waals surface area contributed by atoms with Gasteiger partial charge in [0.15, 0.2) is 0 Å². The maximum atomic E-state index is 12.4. The molecule has 0 amide bonds. The zero-order chi connectivity index (χ0) is 15.7. The Hall–Kier alpha value is -1.32. The summed E-state index contributed by atoms with van der Waals surface area (Å²) in [4.78, 5) is 11.0. The van der Waals surface area contributed by atoms with Gasteiger partial charge >= 0.3 is 6.18 Å². The summed E-state index contributed by atoms with van der Waals surface area (Å²) in [5.41, 5.74) is 0.223. The van der Waals surface area contributed by atoms with Crippen molar-refractivity contribution in [2.45, 2.75) is 58.0 Å². The van der Waals surface area contributed by atoms with Gasteiger partial charge in [-0.15, -0.1) is 0 Å². The Bertz CT molecular complexity index is 409. The van der Waals surface area contributed by atoms with Crippen molar-refractivity contribution in [2.24, 2.45) is 5.92 Å². The fourth-order valence-corrected chi connectivity index (χ4v) is 2.33. The summed E-state index contributed by atoms with van der Waals surface area (Å²) in [5.74, 6) is 0.0177. The van der Waals surface area contributed by atoms with Crippen molar-refractivity contribution in [3.63, 3.8) is 0 Å². The van der Waals surface area contributed by atoms with Crippen molar-refractivity contribution in [1.82, 2.24) is 0 Å². The quantitative estimate of drug-likeness (QED) is 0.439. The second kappa shape index (κ2) is 8.85. The number of hydrogen-bond acceptors (Lipinski definition) is 1. The van der Waals surface area contributed by atoms with Crippen molar-refractivity contribution < 1.29 is 18.0 Å². The molecule has 0 bridgehead atoms. The van der Waals surface area contributed by atoms with E-state index in [1.54, 1.807) is 0 Å². The Morgan fingerprint density at radius 3 is 2.24 bits per heavy atom. The fraction of sp³-hybridized carbons (Fsp3) is 0.588. The van der Waals surface area contributed by atoms with Crippen molar-refractivity contribution in [3.8, 4) is 0 Å². The molecule has 0 saturated carbocycles. The number of carbonyl (C=O) groups is 1. The fourth-order valence-electron chi connectivity index (χ4n) is 2.33. The molecule has 1 rings (SSSR count). The average Bonchev–Trinajstić information content (AvgIpc) is 2.46. The predicted octanol–water partition coefficient (Wildman–Crippen LogP) is 5.42. The third-order valence-corrected chi connectivity index (χ3v) is 3.71. The summed E-state index contributed by atoms with van der Waals surface area (Å²) in [6.07, 6.45) is 3.47. The molecule has 0 aliphatic rings. The molecule has 0 N–H and O–H groups in total. The van der Waals surface area contributed by atoms with Crippen LogP contribution in [0, 0.1) is 5.92 Å². The Balaban J connectivity index is 2.40. The number of carbonyl (C=O) groups excluding carboxylic acids is 1. The van der Waals surface area contributed by atoms with Crippen LogP contribution in [0.5, 0.6) is 0 Å². The molecule has 1 nitrogen and oxygen atoms in total. The molecule has 0 saturated heterocycles. The molecular weight excluding hydrogens is 277 g/mol. The van der Waals surface area contributed by atoms with Crippen LogP contribution < -0.4 is 0 Å². The number of halogens is 3. The highest BCUT2D eigenvalue weighted by molar-refractivity contribution is 5.53. The Morgan fingerprint density at radius 1 is 1.05 bits per heavy atom. The minimum Gasteiger partial charge on any atom is -0.303 e. The lowest BCUT2D eigenvalue weighted by Crippen LogP contribution is -2.06. The molecule has 1 aromatic carbocycles. The van der Waals surface area contributed by atoms with Gasteiger partial charge in [0.05, 0.1) is 5.56 Å². The molecule has 1 atom stereocenters. The van der Waals surface area contributed by atoms with Crippen LogP contribution in [-0.2, 0) is 17.4 Å². The highest BCUT2D eigenvalue weighted by Gasteiger charge is 2.29. The molecule has 0 heterocycles. The first-order valence-corrected chi connectivity index (χ1v) is 7.58. The maximum absolute atomic E-state index is 12.4. The van der Waals surface area contributed by atoms with Crippen LogP contribution in [0.2, 0.25) is 0 Å². The SMILES string of the molecule is CCCCCC[C@@H](C=O)CCc1ccc(C(F)(F)F)cc1. The topological polar surface area (TPSA) is 17.1 Å². The molecule has 21 heavy (non-hydrogen) atoms. The number of aldehydes is 1. The van der Waals surface area contributed by atoms with Crippen molar-refractivity contribution in [1.29, 1.82) is 0 Å². The number of aryl methyl sites for hydroxylation is 1. The minimum atomic E-state index is -4.29. The van der Waals surface area contributed by atoms with Gasteiger partial charge in [0.25, 0.3) is 0 Å². The molecule has 4 heteroatoms. The van der Waals surface area contributed by atoms with Gasteiger partial charge in [-0.2, -0.15) is 13.2 Å². The number of alkyl halides is 3. The first-order valence-electron chi connectivity index (χ1n) is 7.58. The zero-order valence-electron chi connectivity index (χ0n) is 12.5. The van der Waals surface area contributed by atoms with E-state index in [1.807, 2.05) is 0 Å². The van der Waals surface area contributed by atoms with Crippen LogP contribution in [-0.4, -0.2) is 6.29 Å². The van der Waals surface area contributed by atoms with Gasteiger partial charge in [-0.3, -0.25) is 0 Å². The molecule has 118 valence electrons. The van der Waals surface area contributed by atoms with E-state index in [2.05, 4.69) is 6.92 Å². The van der Waals surface area contributed by atoms with E-state index in [1.165, 1.54) is 18.6 Å². The van der Waals surface area contributed by atoms with Gasteiger partial charge < -0.3 is 4.79 Å². The lowest BCUT2D eigenvalue weighted by molar-refractivity contribution is -0.137. The highest BCUT2D eigenvalue weighted by atomic mass is 19.4. The molecule has 0 spiro atoms. The summed E-state index contributed by atoms with van der Waals surface area (Å²) in [6.45, 7) is 2.14. The Morgan fingerprint density at radius 2 is 1.71 bits per heavy atom. The predicted molar refractivity (Wildman–Crippen MR) is 78.1 cm³/mol. The minimum absolute atomic E-state index is 0.0177. The van der Waals surface area contributed by atoms with Gasteiger partial charge in [0.2, 0.25) is 0 Å². The van der Waals surface area contributed by atoms with E-state index in [0.29, 0.717) is 12.8 Å². The summed E-state index contributed by atoms with van der Waals surface area (Å²) in [6, 6.07) is 5.21. The van der Waals surface area contributed by atoms with Gasteiger partial charge in [0, 0.05) is 5.92 Å². The van der Waals surface area contributed by atoms with Crippen LogP contribution in [0.25, 0.3) is 0 Å². The molecule has 1 aromatic rings. The lowest BCUT2D eigenvalue weighted by Gasteiger charge is -2.11. The standard InChI is InChI=1S/C17H23F3O/c1-2-3-4-5-6-15(13-21)8-7-14-9-11-16(12-10-14)17(18,19)20/h9-13,15H,2-8H2,1H3/t15-/m1/s1. The molecule has 0 aliphatic heterocycles. The number of hydrogen-bond donors (Lipinski definition) is 0. The molecule has 0 fully saturated rings. The molecule has 0 unspecified atom stereocenters. The smallest absolute Gasteiger partial charge is 0.303 e. The molecular formula is C17H23F3O. The first kappa shape index (κ1) is 17.7. The van der Waals surface area contributed by atoms with E-state index in [4.69, 9.17) is 0 Å². The van der Waals surface area contributed by atoms with Crippen LogP contribution in [0.1, 0.15) is 56.6 Å². The Labute approximate surface area is 124 Å². The second-order valence-corrected chi connectivity index (χ2v) is 5.48. The number of unbranched alkanes of at least 4 members (excludes halogenated alkanes) is 3. The van der Waals surface area contributed by atoms with E-state index >= 15 is 0 Å². The number of benzene rings is 1. The van der Waals surface area contributed by atoms with Gasteiger partial charge in [-0.25, -0.2) is 0 Å². The van der Waals surface area contributed by atoms with Gasteiger partial charge in [0.1, 0.15) is 6.29 Å². The average molecular weight is 300 g/mol. The third kappa shape index (κ3) is 6.78. The van der Waals surface area contributed by atoms with Crippen molar-refractivity contribution >= 4 is 6.29 Å². The van der Waals surface area contributed by atoms with Gasteiger partial charge in [-0.05, 0) is 37.0 Å². The van der Waals surface area contributed by atoms with Crippen LogP contribution in [0.4, 0.5) is 13.2 Å². The van der Waals surface area contributed by atoms with Crippen LogP contribution >= 0.6 is 0 Å². The summed E-state index contributed by atoms with van der Waals surface area (Å²) in [5, 5.41) is 0. The van der Waals surface area contributed by atoms with Crippen molar-refractivity contribution in [2.75, 3.05) is 0 Å². The summed E-state index contributed by atoms with van der Waals surface area (Å²) in [7, 11) is 0. The van der Waals surface area contributed by atoms with E-state index < -0.39 is 11.7 Å². The largest absolute Gasteiger partial charge is 0.416 e. The molecule has 0 aromatic heterocycles. The normalized spacial score (nSPS) is 13.1. The molecule has 0 radical (unpaired) electrons. The first-order chi connectivity index (χ1) is 9.97. The van der Waals surface area contributed by atoms with Gasteiger partial charge in [-0.1, -0.05) is 44.7 Å². The molecule has 0 aliphatic carbocycles. The van der Waals surface area contributed by atoms with E-state index in [0.717, 1.165) is 49.7 Å². The van der Waals surface area contributed by atoms with Crippen molar-refractivity contribution in [3.05, 3.63) is 35.4 Å². The van der Waals surface area contributed by atoms with Crippen LogP contribution in [0.15, 0.2) is 24.3 Å². The van der Waals surface area contributed by atoms with Crippen LogP contribution in [0.3, 0.4) is 0 Å². The lowest BCUT2D eigenvalue weighted by atomic mass is 9.95. The van der Waals surface area contributed by atoms with E-state index in [9.17, 15) is 18.0 Å². The van der Waals surface area contributed by atoms with E-state index in [-0.39, 0.29) is 5.92 Å². The Kier molecular flexibility index (Phi) is 7.48. The monoisotopic (exact) mass is 300 g/mol. The summed E-state index contributed by atoms with van der Waals surface area (Å²) >= 11 is 0. The number of rotatable bonds is 9. The maximum Gasteiger partial charge on any atom is 0.416 e.